The minimum atomic E-state index is -0.123. The van der Waals surface area contributed by atoms with Gasteiger partial charge in [0.1, 0.15) is 11.6 Å². The Hall–Kier alpha value is -4.03. The van der Waals surface area contributed by atoms with Crippen LogP contribution in [0.25, 0.3) is 50.4 Å². The van der Waals surface area contributed by atoms with Crippen molar-refractivity contribution in [1.82, 2.24) is 19.5 Å². The van der Waals surface area contributed by atoms with Gasteiger partial charge < -0.3 is 4.98 Å². The minimum Gasteiger partial charge on any atom is -0.338 e. The maximum absolute atomic E-state index is 13.7. The summed E-state index contributed by atoms with van der Waals surface area (Å²) in [5, 5.41) is 0.554. The zero-order chi connectivity index (χ0) is 22.4. The summed E-state index contributed by atoms with van der Waals surface area (Å²) < 4.78 is 2.51. The van der Waals surface area contributed by atoms with Crippen LogP contribution in [0.2, 0.25) is 0 Å². The molecule has 6 heteroatoms. The molecule has 6 aromatic rings. The standard InChI is InChI=1S/C27H17BrN4O/c28-19-13-14-22-21(16-19)27(33)32(26(31-22)17-7-2-1-3-8-17)20-10-6-9-18(15-20)25-29-23-11-4-5-12-24(23)30-25/h1-16H,(H,29,30). The zero-order valence-corrected chi connectivity index (χ0v) is 19.0. The molecule has 1 N–H and O–H groups in total. The molecule has 2 heterocycles. The first-order valence-corrected chi connectivity index (χ1v) is 11.3. The summed E-state index contributed by atoms with van der Waals surface area (Å²) in [6, 6.07) is 31.1. The zero-order valence-electron chi connectivity index (χ0n) is 17.4. The van der Waals surface area contributed by atoms with E-state index in [0.29, 0.717) is 16.7 Å². The van der Waals surface area contributed by atoms with E-state index in [-0.39, 0.29) is 5.56 Å². The van der Waals surface area contributed by atoms with Crippen LogP contribution < -0.4 is 5.56 Å². The lowest BCUT2D eigenvalue weighted by Gasteiger charge is -2.15. The first-order chi connectivity index (χ1) is 16.2. The van der Waals surface area contributed by atoms with Crippen LogP contribution in [0.5, 0.6) is 0 Å². The number of halogens is 1. The molecule has 0 bridgehead atoms. The number of rotatable bonds is 3. The number of H-pyrrole nitrogens is 1. The molecular formula is C27H17BrN4O. The summed E-state index contributed by atoms with van der Waals surface area (Å²) in [6.45, 7) is 0. The van der Waals surface area contributed by atoms with Gasteiger partial charge >= 0.3 is 0 Å². The topological polar surface area (TPSA) is 63.6 Å². The Morgan fingerprint density at radius 1 is 0.727 bits per heavy atom. The predicted molar refractivity (Wildman–Crippen MR) is 136 cm³/mol. The molecule has 158 valence electrons. The minimum absolute atomic E-state index is 0.123. The van der Waals surface area contributed by atoms with Crippen LogP contribution >= 0.6 is 15.9 Å². The lowest BCUT2D eigenvalue weighted by Crippen LogP contribution is -2.22. The fourth-order valence-electron chi connectivity index (χ4n) is 4.06. The molecule has 0 aliphatic heterocycles. The molecule has 2 aromatic heterocycles. The third-order valence-electron chi connectivity index (χ3n) is 5.63. The quantitative estimate of drug-likeness (QED) is 0.312. The number of benzene rings is 4. The van der Waals surface area contributed by atoms with Gasteiger partial charge in [-0.1, -0.05) is 70.5 Å². The maximum atomic E-state index is 13.7. The lowest BCUT2D eigenvalue weighted by molar-refractivity contribution is 0.975. The first-order valence-electron chi connectivity index (χ1n) is 10.5. The van der Waals surface area contributed by atoms with Gasteiger partial charge in [0.25, 0.3) is 5.56 Å². The molecule has 0 unspecified atom stereocenters. The average Bonchev–Trinajstić information content (AvgIpc) is 3.29. The van der Waals surface area contributed by atoms with Crippen LogP contribution in [0.4, 0.5) is 0 Å². The van der Waals surface area contributed by atoms with Crippen molar-refractivity contribution in [2.24, 2.45) is 0 Å². The van der Waals surface area contributed by atoms with Crippen LogP contribution in [0.3, 0.4) is 0 Å². The molecule has 0 spiro atoms. The molecule has 0 aliphatic rings. The van der Waals surface area contributed by atoms with Crippen molar-refractivity contribution < 1.29 is 0 Å². The molecule has 0 aliphatic carbocycles. The fraction of sp³-hybridized carbons (Fsp3) is 0. The van der Waals surface area contributed by atoms with Crippen molar-refractivity contribution in [3.8, 4) is 28.5 Å². The average molecular weight is 493 g/mol. The summed E-state index contributed by atoms with van der Waals surface area (Å²) in [7, 11) is 0. The highest BCUT2D eigenvalue weighted by Gasteiger charge is 2.16. The number of hydrogen-bond donors (Lipinski definition) is 1. The Morgan fingerprint density at radius 2 is 1.52 bits per heavy atom. The normalized spacial score (nSPS) is 11.3. The number of hydrogen-bond acceptors (Lipinski definition) is 3. The second kappa shape index (κ2) is 7.83. The highest BCUT2D eigenvalue weighted by molar-refractivity contribution is 9.10. The van der Waals surface area contributed by atoms with E-state index in [4.69, 9.17) is 9.97 Å². The first kappa shape index (κ1) is 19.6. The van der Waals surface area contributed by atoms with Crippen molar-refractivity contribution in [3.63, 3.8) is 0 Å². The summed E-state index contributed by atoms with van der Waals surface area (Å²) in [5.74, 6) is 1.35. The summed E-state index contributed by atoms with van der Waals surface area (Å²) in [5.41, 5.74) is 4.90. The molecule has 0 radical (unpaired) electrons. The van der Waals surface area contributed by atoms with E-state index in [1.54, 1.807) is 4.57 Å². The van der Waals surface area contributed by atoms with Gasteiger partial charge in [-0.25, -0.2) is 9.97 Å². The van der Waals surface area contributed by atoms with E-state index < -0.39 is 0 Å². The van der Waals surface area contributed by atoms with Crippen molar-refractivity contribution in [1.29, 1.82) is 0 Å². The Balaban J connectivity index is 1.61. The van der Waals surface area contributed by atoms with Crippen molar-refractivity contribution in [2.45, 2.75) is 0 Å². The molecular weight excluding hydrogens is 476 g/mol. The van der Waals surface area contributed by atoms with Crippen molar-refractivity contribution in [2.75, 3.05) is 0 Å². The van der Waals surface area contributed by atoms with E-state index in [1.807, 2.05) is 97.1 Å². The number of para-hydroxylation sites is 2. The highest BCUT2D eigenvalue weighted by Crippen LogP contribution is 2.27. The molecule has 6 rings (SSSR count). The summed E-state index contributed by atoms with van der Waals surface area (Å²) >= 11 is 3.48. The van der Waals surface area contributed by atoms with Crippen LogP contribution in [0.15, 0.2) is 106 Å². The van der Waals surface area contributed by atoms with Gasteiger partial charge in [-0.2, -0.15) is 0 Å². The molecule has 0 saturated heterocycles. The number of aromatic amines is 1. The van der Waals surface area contributed by atoms with Crippen LogP contribution in [0.1, 0.15) is 0 Å². The second-order valence-electron chi connectivity index (χ2n) is 7.76. The molecule has 4 aromatic carbocycles. The van der Waals surface area contributed by atoms with Gasteiger partial charge in [0.2, 0.25) is 0 Å². The monoisotopic (exact) mass is 492 g/mol. The van der Waals surface area contributed by atoms with Gasteiger partial charge in [-0.05, 0) is 42.5 Å². The largest absolute Gasteiger partial charge is 0.338 e. The molecule has 0 fully saturated rings. The fourth-order valence-corrected chi connectivity index (χ4v) is 4.42. The summed E-state index contributed by atoms with van der Waals surface area (Å²) in [4.78, 5) is 26.7. The SMILES string of the molecule is O=c1c2cc(Br)ccc2nc(-c2ccccc2)n1-c1cccc(-c2nc3ccccc3[nH]2)c1. The Labute approximate surface area is 197 Å². The third-order valence-corrected chi connectivity index (χ3v) is 6.12. The van der Waals surface area contributed by atoms with Gasteiger partial charge in [-0.3, -0.25) is 9.36 Å². The van der Waals surface area contributed by atoms with Crippen molar-refractivity contribution in [3.05, 3.63) is 112 Å². The van der Waals surface area contributed by atoms with Gasteiger partial charge in [0, 0.05) is 15.6 Å². The number of nitrogens with one attached hydrogen (secondary N) is 1. The van der Waals surface area contributed by atoms with E-state index in [9.17, 15) is 4.79 Å². The molecule has 0 saturated carbocycles. The molecule has 0 amide bonds. The number of nitrogens with zero attached hydrogens (tertiary/aromatic N) is 3. The van der Waals surface area contributed by atoms with Gasteiger partial charge in [0.05, 0.1) is 27.6 Å². The number of imidazole rings is 1. The van der Waals surface area contributed by atoms with E-state index in [0.717, 1.165) is 38.1 Å². The van der Waals surface area contributed by atoms with Gasteiger partial charge in [-0.15, -0.1) is 0 Å². The third kappa shape index (κ3) is 3.45. The molecule has 33 heavy (non-hydrogen) atoms. The van der Waals surface area contributed by atoms with Crippen LogP contribution in [0, 0.1) is 0 Å². The van der Waals surface area contributed by atoms with Crippen LogP contribution in [-0.2, 0) is 0 Å². The van der Waals surface area contributed by atoms with E-state index >= 15 is 0 Å². The smallest absolute Gasteiger partial charge is 0.266 e. The van der Waals surface area contributed by atoms with E-state index in [1.165, 1.54) is 0 Å². The van der Waals surface area contributed by atoms with Gasteiger partial charge in [0.15, 0.2) is 0 Å². The summed E-state index contributed by atoms with van der Waals surface area (Å²) in [6.07, 6.45) is 0. The number of fused-ring (bicyclic) bond motifs is 2. The van der Waals surface area contributed by atoms with E-state index in [2.05, 4.69) is 20.9 Å². The Bertz CT molecular complexity index is 1670. The lowest BCUT2D eigenvalue weighted by atomic mass is 10.1. The highest BCUT2D eigenvalue weighted by atomic mass is 79.9. The van der Waals surface area contributed by atoms with Crippen molar-refractivity contribution >= 4 is 37.9 Å². The Kier molecular flexibility index (Phi) is 4.66. The van der Waals surface area contributed by atoms with Crippen LogP contribution in [-0.4, -0.2) is 19.5 Å². The molecule has 0 atom stereocenters. The second-order valence-corrected chi connectivity index (χ2v) is 8.67. The predicted octanol–water partition coefficient (Wildman–Crippen LogP) is 6.36. The Morgan fingerprint density at radius 3 is 2.36 bits per heavy atom. The number of aromatic nitrogens is 4. The maximum Gasteiger partial charge on any atom is 0.266 e. The molecule has 5 nitrogen and oxygen atoms in total.